The fourth-order valence-electron chi connectivity index (χ4n) is 1.86. The summed E-state index contributed by atoms with van der Waals surface area (Å²) < 4.78 is 53.9. The van der Waals surface area contributed by atoms with Crippen LogP contribution in [0.4, 0.5) is 4.79 Å². The zero-order chi connectivity index (χ0) is 16.2. The van der Waals surface area contributed by atoms with E-state index in [0.717, 1.165) is 9.87 Å². The Balaban J connectivity index is 1.87. The van der Waals surface area contributed by atoms with Crippen molar-refractivity contribution in [2.45, 2.75) is 6.61 Å². The Morgan fingerprint density at radius 1 is 1.18 bits per heavy atom. The molecule has 1 N–H and O–H groups in total. The second kappa shape index (κ2) is 6.63. The summed E-state index contributed by atoms with van der Waals surface area (Å²) in [6.45, 7) is -0.413. The summed E-state index contributed by atoms with van der Waals surface area (Å²) in [7, 11) is -7.29. The van der Waals surface area contributed by atoms with Crippen LogP contribution in [0.5, 0.6) is 0 Å². The van der Waals surface area contributed by atoms with Gasteiger partial charge in [0.15, 0.2) is 9.84 Å². The maximum Gasteiger partial charge on any atom is 0.422 e. The molecule has 1 amide bonds. The first kappa shape index (κ1) is 16.7. The molecule has 0 bridgehead atoms. The lowest BCUT2D eigenvalue weighted by Gasteiger charge is -2.25. The Labute approximate surface area is 129 Å². The number of benzene rings is 1. The first-order chi connectivity index (χ1) is 10.3. The first-order valence-electron chi connectivity index (χ1n) is 6.47. The average molecular weight is 348 g/mol. The van der Waals surface area contributed by atoms with E-state index < -0.39 is 26.1 Å². The molecular formula is C12H16N2O6S2. The van der Waals surface area contributed by atoms with Gasteiger partial charge in [-0.1, -0.05) is 30.3 Å². The summed E-state index contributed by atoms with van der Waals surface area (Å²) in [5.41, 5.74) is 0.721. The van der Waals surface area contributed by atoms with Crippen LogP contribution < -0.4 is 4.72 Å². The minimum Gasteiger partial charge on any atom is -0.444 e. The highest BCUT2D eigenvalue weighted by Crippen LogP contribution is 2.08. The van der Waals surface area contributed by atoms with Gasteiger partial charge in [-0.2, -0.15) is 12.7 Å². The molecule has 1 fully saturated rings. The summed E-state index contributed by atoms with van der Waals surface area (Å²) in [4.78, 5) is 11.5. The smallest absolute Gasteiger partial charge is 0.422 e. The zero-order valence-corrected chi connectivity index (χ0v) is 13.3. The predicted molar refractivity (Wildman–Crippen MR) is 78.9 cm³/mol. The van der Waals surface area contributed by atoms with Crippen molar-refractivity contribution in [3.8, 4) is 0 Å². The normalized spacial score (nSPS) is 18.5. The molecule has 10 heteroatoms. The van der Waals surface area contributed by atoms with Crippen molar-refractivity contribution in [2.24, 2.45) is 0 Å². The van der Waals surface area contributed by atoms with Gasteiger partial charge >= 0.3 is 16.3 Å². The van der Waals surface area contributed by atoms with Crippen molar-refractivity contribution < 1.29 is 26.4 Å². The highest BCUT2D eigenvalue weighted by atomic mass is 32.2. The second-order valence-electron chi connectivity index (χ2n) is 4.72. The van der Waals surface area contributed by atoms with Crippen LogP contribution in [0.25, 0.3) is 0 Å². The minimum absolute atomic E-state index is 0.0590. The average Bonchev–Trinajstić information content (AvgIpc) is 2.45. The fourth-order valence-corrected chi connectivity index (χ4v) is 4.35. The summed E-state index contributed by atoms with van der Waals surface area (Å²) >= 11 is 0. The molecule has 0 saturated carbocycles. The van der Waals surface area contributed by atoms with Crippen LogP contribution in [0.1, 0.15) is 5.56 Å². The molecule has 1 heterocycles. The number of nitrogens with one attached hydrogen (secondary N) is 1. The van der Waals surface area contributed by atoms with E-state index in [2.05, 4.69) is 0 Å². The molecule has 1 aliphatic rings. The molecule has 0 spiro atoms. The van der Waals surface area contributed by atoms with Crippen molar-refractivity contribution >= 4 is 26.1 Å². The van der Waals surface area contributed by atoms with E-state index in [1.165, 1.54) is 0 Å². The number of ether oxygens (including phenoxy) is 1. The van der Waals surface area contributed by atoms with Gasteiger partial charge in [0.2, 0.25) is 0 Å². The third-order valence-electron chi connectivity index (χ3n) is 3.07. The van der Waals surface area contributed by atoms with Crippen LogP contribution in [0, 0.1) is 0 Å². The quantitative estimate of drug-likeness (QED) is 0.813. The van der Waals surface area contributed by atoms with Crippen LogP contribution in [0.2, 0.25) is 0 Å². The van der Waals surface area contributed by atoms with Crippen molar-refractivity contribution in [3.63, 3.8) is 0 Å². The van der Waals surface area contributed by atoms with E-state index in [1.54, 1.807) is 35.1 Å². The second-order valence-corrected chi connectivity index (χ2v) is 8.69. The van der Waals surface area contributed by atoms with Gasteiger partial charge in [-0.25, -0.2) is 17.9 Å². The summed E-state index contributed by atoms with van der Waals surface area (Å²) in [6.07, 6.45) is -1.10. The van der Waals surface area contributed by atoms with Crippen LogP contribution >= 0.6 is 0 Å². The largest absolute Gasteiger partial charge is 0.444 e. The fraction of sp³-hybridized carbons (Fsp3) is 0.417. The Kier molecular flexibility index (Phi) is 5.04. The maximum absolute atomic E-state index is 11.9. The lowest BCUT2D eigenvalue weighted by molar-refractivity contribution is 0.145. The van der Waals surface area contributed by atoms with E-state index in [-0.39, 0.29) is 31.2 Å². The van der Waals surface area contributed by atoms with Gasteiger partial charge in [0, 0.05) is 13.1 Å². The number of carbonyl (C=O) groups is 1. The summed E-state index contributed by atoms with van der Waals surface area (Å²) in [6, 6.07) is 8.80. The summed E-state index contributed by atoms with van der Waals surface area (Å²) in [5, 5.41) is 0. The zero-order valence-electron chi connectivity index (χ0n) is 11.6. The molecule has 1 aromatic rings. The molecule has 0 aliphatic carbocycles. The molecule has 1 aromatic carbocycles. The number of hydrogen-bond donors (Lipinski definition) is 1. The first-order valence-corrected chi connectivity index (χ1v) is 9.74. The van der Waals surface area contributed by atoms with Crippen molar-refractivity contribution in [2.75, 3.05) is 24.6 Å². The third kappa shape index (κ3) is 4.68. The molecule has 0 unspecified atom stereocenters. The molecule has 1 saturated heterocycles. The topological polar surface area (TPSA) is 110 Å². The molecule has 0 radical (unpaired) electrons. The number of rotatable bonds is 4. The highest BCUT2D eigenvalue weighted by Gasteiger charge is 2.31. The van der Waals surface area contributed by atoms with Crippen LogP contribution in [0.15, 0.2) is 30.3 Å². The third-order valence-corrected chi connectivity index (χ3v) is 6.15. The van der Waals surface area contributed by atoms with Gasteiger partial charge in [0.05, 0.1) is 11.5 Å². The molecular weight excluding hydrogens is 332 g/mol. The Morgan fingerprint density at radius 3 is 2.36 bits per heavy atom. The Morgan fingerprint density at radius 2 is 1.77 bits per heavy atom. The van der Waals surface area contributed by atoms with Gasteiger partial charge in [0.1, 0.15) is 6.61 Å². The van der Waals surface area contributed by atoms with E-state index in [1.807, 2.05) is 0 Å². The predicted octanol–water partition coefficient (Wildman–Crippen LogP) is -0.112. The molecule has 0 aromatic heterocycles. The van der Waals surface area contributed by atoms with E-state index >= 15 is 0 Å². The van der Waals surface area contributed by atoms with Gasteiger partial charge in [-0.15, -0.1) is 0 Å². The van der Waals surface area contributed by atoms with Crippen molar-refractivity contribution in [1.29, 1.82) is 0 Å². The molecule has 1 aliphatic heterocycles. The number of carbonyl (C=O) groups excluding carboxylic acids is 1. The monoisotopic (exact) mass is 348 g/mol. The van der Waals surface area contributed by atoms with Crippen LogP contribution in [-0.4, -0.2) is 51.8 Å². The van der Waals surface area contributed by atoms with Crippen LogP contribution in [0.3, 0.4) is 0 Å². The van der Waals surface area contributed by atoms with Gasteiger partial charge in [0.25, 0.3) is 0 Å². The minimum atomic E-state index is -4.09. The van der Waals surface area contributed by atoms with Crippen molar-refractivity contribution in [1.82, 2.24) is 9.03 Å². The Hall–Kier alpha value is -1.65. The van der Waals surface area contributed by atoms with Crippen LogP contribution in [-0.2, 0) is 31.4 Å². The molecule has 8 nitrogen and oxygen atoms in total. The molecule has 2 rings (SSSR count). The molecule has 0 atom stereocenters. The lowest BCUT2D eigenvalue weighted by atomic mass is 10.2. The van der Waals surface area contributed by atoms with Gasteiger partial charge in [-0.05, 0) is 5.56 Å². The Bertz CT molecular complexity index is 716. The molecule has 122 valence electrons. The van der Waals surface area contributed by atoms with Crippen molar-refractivity contribution in [3.05, 3.63) is 35.9 Å². The van der Waals surface area contributed by atoms with Gasteiger partial charge < -0.3 is 4.74 Å². The maximum atomic E-state index is 11.9. The number of hydrogen-bond acceptors (Lipinski definition) is 6. The SMILES string of the molecule is O=C(NS(=O)(=O)N1CCS(=O)(=O)CC1)OCc1ccccc1. The van der Waals surface area contributed by atoms with E-state index in [0.29, 0.717) is 0 Å². The highest BCUT2D eigenvalue weighted by molar-refractivity contribution is 7.92. The van der Waals surface area contributed by atoms with E-state index in [4.69, 9.17) is 4.74 Å². The number of amides is 1. The van der Waals surface area contributed by atoms with E-state index in [9.17, 15) is 21.6 Å². The molecule has 22 heavy (non-hydrogen) atoms. The number of sulfone groups is 1. The standard InChI is InChI=1S/C12H16N2O6S2/c15-12(20-10-11-4-2-1-3-5-11)13-22(18,19)14-6-8-21(16,17)9-7-14/h1-5H,6-10H2,(H,13,15). The summed E-state index contributed by atoms with van der Waals surface area (Å²) in [5.74, 6) is -0.514. The van der Waals surface area contributed by atoms with Gasteiger partial charge in [-0.3, -0.25) is 0 Å². The lowest BCUT2D eigenvalue weighted by Crippen LogP contribution is -2.50. The number of nitrogens with zero attached hydrogens (tertiary/aromatic N) is 1.